The van der Waals surface area contributed by atoms with Crippen LogP contribution in [-0.4, -0.2) is 39.0 Å². The van der Waals surface area contributed by atoms with Gasteiger partial charge >= 0.3 is 0 Å². The van der Waals surface area contributed by atoms with Crippen molar-refractivity contribution < 1.29 is 14.3 Å². The molecule has 1 heterocycles. The first-order valence-corrected chi connectivity index (χ1v) is 7.49. The van der Waals surface area contributed by atoms with Gasteiger partial charge in [-0.3, -0.25) is 9.48 Å². The Labute approximate surface area is 124 Å². The molecule has 0 saturated heterocycles. The van der Waals surface area contributed by atoms with E-state index in [1.807, 2.05) is 27.8 Å². The summed E-state index contributed by atoms with van der Waals surface area (Å²) in [4.78, 5) is 12.4. The molecule has 1 aromatic heterocycles. The molecule has 2 aliphatic carbocycles. The Morgan fingerprint density at radius 1 is 1.52 bits per heavy atom. The van der Waals surface area contributed by atoms with Crippen molar-refractivity contribution in [3.05, 3.63) is 12.4 Å². The van der Waals surface area contributed by atoms with Crippen LogP contribution < -0.4 is 10.1 Å². The van der Waals surface area contributed by atoms with Crippen LogP contribution in [0.2, 0.25) is 0 Å². The average molecular weight is 293 g/mol. The van der Waals surface area contributed by atoms with Crippen LogP contribution in [0, 0.1) is 0 Å². The summed E-state index contributed by atoms with van der Waals surface area (Å²) in [5.74, 6) is 0.606. The lowest BCUT2D eigenvalue weighted by Gasteiger charge is -2.19. The molecule has 2 saturated carbocycles. The molecule has 2 atom stereocenters. The number of hydrogen-bond donors (Lipinski definition) is 1. The Bertz CT molecular complexity index is 550. The van der Waals surface area contributed by atoms with Gasteiger partial charge in [-0.2, -0.15) is 5.10 Å². The summed E-state index contributed by atoms with van der Waals surface area (Å²) in [6.45, 7) is 6.06. The second-order valence-corrected chi connectivity index (χ2v) is 6.66. The van der Waals surface area contributed by atoms with Crippen LogP contribution >= 0.6 is 0 Å². The lowest BCUT2D eigenvalue weighted by Crippen LogP contribution is -2.43. The number of aryl methyl sites for hydroxylation is 1. The third-order valence-electron chi connectivity index (χ3n) is 4.11. The quantitative estimate of drug-likeness (QED) is 0.861. The molecular formula is C15H23N3O3. The Hall–Kier alpha value is -1.56. The first kappa shape index (κ1) is 14.4. The summed E-state index contributed by atoms with van der Waals surface area (Å²) >= 11 is 0. The predicted molar refractivity (Wildman–Crippen MR) is 77.0 cm³/mol. The number of carbonyl (C=O) groups excluding carboxylic acids is 1. The largest absolute Gasteiger partial charge is 0.474 e. The number of ether oxygens (including phenoxy) is 2. The molecule has 0 bridgehead atoms. The molecule has 21 heavy (non-hydrogen) atoms. The van der Waals surface area contributed by atoms with Crippen LogP contribution in [0.25, 0.3) is 0 Å². The number of aromatic nitrogens is 2. The number of hydrogen-bond acceptors (Lipinski definition) is 4. The average Bonchev–Trinajstić information content (AvgIpc) is 3.21. The van der Waals surface area contributed by atoms with Gasteiger partial charge in [0, 0.05) is 26.3 Å². The van der Waals surface area contributed by atoms with Gasteiger partial charge in [0.2, 0.25) is 0 Å². The summed E-state index contributed by atoms with van der Waals surface area (Å²) in [6, 6.07) is 0.0855. The van der Waals surface area contributed by atoms with E-state index in [-0.39, 0.29) is 23.7 Å². The van der Waals surface area contributed by atoms with E-state index in [1.54, 1.807) is 17.1 Å². The number of nitrogens with zero attached hydrogens (tertiary/aromatic N) is 2. The smallest absolute Gasteiger partial charge is 0.264 e. The molecule has 1 amide bonds. The van der Waals surface area contributed by atoms with E-state index in [0.717, 1.165) is 19.3 Å². The Morgan fingerprint density at radius 2 is 2.24 bits per heavy atom. The van der Waals surface area contributed by atoms with Crippen molar-refractivity contribution >= 4 is 5.91 Å². The van der Waals surface area contributed by atoms with Gasteiger partial charge in [0.05, 0.1) is 30.1 Å². The molecule has 0 unspecified atom stereocenters. The zero-order chi connectivity index (χ0) is 15.3. The van der Waals surface area contributed by atoms with Crippen molar-refractivity contribution in [1.29, 1.82) is 0 Å². The van der Waals surface area contributed by atoms with Gasteiger partial charge in [-0.25, -0.2) is 0 Å². The van der Waals surface area contributed by atoms with E-state index in [2.05, 4.69) is 10.4 Å². The fourth-order valence-corrected chi connectivity index (χ4v) is 2.67. The Morgan fingerprint density at radius 3 is 2.76 bits per heavy atom. The highest BCUT2D eigenvalue weighted by Gasteiger charge is 2.58. The number of carbonyl (C=O) groups is 1. The number of amides is 1. The van der Waals surface area contributed by atoms with Crippen LogP contribution in [0.15, 0.2) is 12.4 Å². The van der Waals surface area contributed by atoms with Crippen molar-refractivity contribution in [3.8, 4) is 5.75 Å². The van der Waals surface area contributed by atoms with Gasteiger partial charge in [0.1, 0.15) is 0 Å². The van der Waals surface area contributed by atoms with Crippen molar-refractivity contribution in [2.75, 3.05) is 0 Å². The van der Waals surface area contributed by atoms with E-state index in [4.69, 9.17) is 9.47 Å². The number of rotatable bonds is 6. The third kappa shape index (κ3) is 2.90. The summed E-state index contributed by atoms with van der Waals surface area (Å²) in [6.07, 6.45) is 5.94. The van der Waals surface area contributed by atoms with Crippen LogP contribution in [0.1, 0.15) is 40.0 Å². The monoisotopic (exact) mass is 293 g/mol. The Kier molecular flexibility index (Phi) is 3.24. The molecule has 1 aromatic rings. The van der Waals surface area contributed by atoms with Crippen molar-refractivity contribution in [2.24, 2.45) is 7.05 Å². The maximum atomic E-state index is 12.4. The second-order valence-electron chi connectivity index (χ2n) is 6.66. The molecule has 0 radical (unpaired) electrons. The van der Waals surface area contributed by atoms with Crippen LogP contribution in [-0.2, 0) is 16.6 Å². The van der Waals surface area contributed by atoms with E-state index in [0.29, 0.717) is 5.75 Å². The lowest BCUT2D eigenvalue weighted by molar-refractivity contribution is -0.130. The summed E-state index contributed by atoms with van der Waals surface area (Å²) in [7, 11) is 1.82. The zero-order valence-corrected chi connectivity index (χ0v) is 13.0. The minimum absolute atomic E-state index is 0.0348. The number of nitrogens with one attached hydrogen (secondary N) is 1. The van der Waals surface area contributed by atoms with Gasteiger partial charge in [-0.1, -0.05) is 0 Å². The highest BCUT2D eigenvalue weighted by molar-refractivity contribution is 5.89. The minimum Gasteiger partial charge on any atom is -0.474 e. The van der Waals surface area contributed by atoms with E-state index in [1.165, 1.54) is 0 Å². The van der Waals surface area contributed by atoms with Gasteiger partial charge < -0.3 is 14.8 Å². The minimum atomic E-state index is -0.704. The molecule has 6 heteroatoms. The molecule has 2 fully saturated rings. The van der Waals surface area contributed by atoms with E-state index >= 15 is 0 Å². The topological polar surface area (TPSA) is 65.4 Å². The summed E-state index contributed by atoms with van der Waals surface area (Å²) in [5, 5.41) is 7.12. The molecule has 0 aromatic carbocycles. The molecule has 1 N–H and O–H groups in total. The first-order chi connectivity index (χ1) is 9.83. The Balaban J connectivity index is 1.56. The van der Waals surface area contributed by atoms with Crippen LogP contribution in [0.4, 0.5) is 0 Å². The van der Waals surface area contributed by atoms with E-state index < -0.39 is 5.60 Å². The fraction of sp³-hybridized carbons (Fsp3) is 0.733. The highest BCUT2D eigenvalue weighted by atomic mass is 16.5. The van der Waals surface area contributed by atoms with Gasteiger partial charge in [0.25, 0.3) is 5.91 Å². The summed E-state index contributed by atoms with van der Waals surface area (Å²) in [5.41, 5.74) is -0.932. The van der Waals surface area contributed by atoms with Crippen molar-refractivity contribution in [2.45, 2.75) is 63.4 Å². The zero-order valence-electron chi connectivity index (χ0n) is 13.0. The third-order valence-corrected chi connectivity index (χ3v) is 4.11. The van der Waals surface area contributed by atoms with Crippen molar-refractivity contribution in [1.82, 2.24) is 15.1 Å². The highest BCUT2D eigenvalue weighted by Crippen LogP contribution is 2.44. The normalized spacial score (nSPS) is 29.3. The van der Waals surface area contributed by atoms with Gasteiger partial charge in [-0.05, 0) is 20.8 Å². The summed E-state index contributed by atoms with van der Waals surface area (Å²) < 4.78 is 13.3. The molecule has 6 nitrogen and oxygen atoms in total. The molecule has 2 aliphatic rings. The van der Waals surface area contributed by atoms with E-state index in [9.17, 15) is 4.79 Å². The molecular weight excluding hydrogens is 270 g/mol. The van der Waals surface area contributed by atoms with Crippen LogP contribution in [0.3, 0.4) is 0 Å². The molecule has 116 valence electrons. The predicted octanol–water partition coefficient (Wildman–Crippen LogP) is 1.40. The van der Waals surface area contributed by atoms with Crippen molar-refractivity contribution in [3.63, 3.8) is 0 Å². The van der Waals surface area contributed by atoms with Gasteiger partial charge in [-0.15, -0.1) is 0 Å². The maximum absolute atomic E-state index is 12.4. The molecule has 0 spiro atoms. The van der Waals surface area contributed by atoms with Gasteiger partial charge in [0.15, 0.2) is 11.4 Å². The molecule has 0 aliphatic heterocycles. The maximum Gasteiger partial charge on any atom is 0.264 e. The lowest BCUT2D eigenvalue weighted by atomic mass is 10.3. The first-order valence-electron chi connectivity index (χ1n) is 7.49. The SMILES string of the molecule is CC(C)O[C@@]1(C)C[C@H]1NC(=O)C1(Oc2cnn(C)c2)CC1. The fourth-order valence-electron chi connectivity index (χ4n) is 2.67. The molecule has 3 rings (SSSR count). The standard InChI is InChI=1S/C15H23N3O3/c1-10(2)20-14(3)7-12(14)17-13(19)15(5-6-15)21-11-8-16-18(4)9-11/h8-10,12H,5-7H2,1-4H3,(H,17,19)/t12-,14+/m1/s1. The second kappa shape index (κ2) is 4.73. The van der Waals surface area contributed by atoms with Crippen LogP contribution in [0.5, 0.6) is 5.75 Å².